The Kier molecular flexibility index (Phi) is 5.32. The van der Waals surface area contributed by atoms with Gasteiger partial charge < -0.3 is 9.64 Å². The molecule has 1 aliphatic carbocycles. The molecule has 0 fully saturated rings. The lowest BCUT2D eigenvalue weighted by Gasteiger charge is -2.24. The van der Waals surface area contributed by atoms with Gasteiger partial charge >= 0.3 is 5.97 Å². The zero-order valence-electron chi connectivity index (χ0n) is 12.4. The van der Waals surface area contributed by atoms with Gasteiger partial charge in [0.15, 0.2) is 0 Å². The summed E-state index contributed by atoms with van der Waals surface area (Å²) in [5, 5.41) is 0. The van der Waals surface area contributed by atoms with E-state index in [1.807, 2.05) is 0 Å². The first-order valence-electron chi connectivity index (χ1n) is 7.40. The number of nitrogens with zero attached hydrogens (tertiary/aromatic N) is 3. The molecule has 20 heavy (non-hydrogen) atoms. The van der Waals surface area contributed by atoms with Crippen LogP contribution in [-0.4, -0.2) is 36.1 Å². The maximum absolute atomic E-state index is 11.3. The third-order valence-electron chi connectivity index (χ3n) is 3.85. The Hall–Kier alpha value is -1.65. The number of anilines is 1. The largest absolute Gasteiger partial charge is 0.469 e. The highest BCUT2D eigenvalue weighted by atomic mass is 16.5. The van der Waals surface area contributed by atoms with Crippen molar-refractivity contribution >= 4 is 11.8 Å². The zero-order valence-corrected chi connectivity index (χ0v) is 12.4. The van der Waals surface area contributed by atoms with Crippen molar-refractivity contribution in [1.29, 1.82) is 0 Å². The normalized spacial score (nSPS) is 14.3. The molecule has 0 unspecified atom stereocenters. The third kappa shape index (κ3) is 3.46. The van der Waals surface area contributed by atoms with Crippen LogP contribution in [0.25, 0.3) is 0 Å². The van der Waals surface area contributed by atoms with E-state index in [4.69, 9.17) is 4.74 Å². The summed E-state index contributed by atoms with van der Waals surface area (Å²) in [6.45, 7) is 3.57. The molecule has 0 amide bonds. The molecule has 0 bridgehead atoms. The maximum atomic E-state index is 11.3. The van der Waals surface area contributed by atoms with Gasteiger partial charge in [0.25, 0.3) is 0 Å². The van der Waals surface area contributed by atoms with E-state index in [0.29, 0.717) is 13.0 Å². The predicted molar refractivity (Wildman–Crippen MR) is 77.8 cm³/mol. The van der Waals surface area contributed by atoms with Gasteiger partial charge in [-0.15, -0.1) is 0 Å². The fourth-order valence-corrected chi connectivity index (χ4v) is 2.70. The summed E-state index contributed by atoms with van der Waals surface area (Å²) in [5.74, 6) is 0.826. The van der Waals surface area contributed by atoms with Gasteiger partial charge in [0.05, 0.1) is 13.5 Å². The average molecular weight is 277 g/mol. The average Bonchev–Trinajstić information content (AvgIpc) is 2.73. The lowest BCUT2D eigenvalue weighted by Crippen LogP contribution is -2.28. The molecular formula is C15H23N3O2. The molecule has 1 aliphatic rings. The molecule has 0 aliphatic heterocycles. The molecule has 5 nitrogen and oxygen atoms in total. The van der Waals surface area contributed by atoms with E-state index in [1.165, 1.54) is 37.6 Å². The summed E-state index contributed by atoms with van der Waals surface area (Å²) < 4.78 is 4.72. The third-order valence-corrected chi connectivity index (χ3v) is 3.85. The lowest BCUT2D eigenvalue weighted by molar-refractivity contribution is -0.140. The second-order valence-corrected chi connectivity index (χ2v) is 5.09. The Morgan fingerprint density at radius 3 is 2.85 bits per heavy atom. The number of hydrogen-bond donors (Lipinski definition) is 0. The minimum atomic E-state index is -0.177. The zero-order chi connectivity index (χ0) is 14.4. The van der Waals surface area contributed by atoms with E-state index >= 15 is 0 Å². The van der Waals surface area contributed by atoms with Gasteiger partial charge in [-0.05, 0) is 32.6 Å². The van der Waals surface area contributed by atoms with Crippen molar-refractivity contribution in [3.05, 3.63) is 17.6 Å². The minimum absolute atomic E-state index is 0.177. The molecule has 0 saturated carbocycles. The van der Waals surface area contributed by atoms with Gasteiger partial charge in [-0.3, -0.25) is 4.79 Å². The predicted octanol–water partition coefficient (Wildman–Crippen LogP) is 2.13. The number of methoxy groups -OCH3 is 1. The molecule has 5 heteroatoms. The molecular weight excluding hydrogens is 254 g/mol. The summed E-state index contributed by atoms with van der Waals surface area (Å²) >= 11 is 0. The van der Waals surface area contributed by atoms with E-state index in [1.54, 1.807) is 6.33 Å². The van der Waals surface area contributed by atoms with Gasteiger partial charge in [0.1, 0.15) is 12.1 Å². The first kappa shape index (κ1) is 14.8. The van der Waals surface area contributed by atoms with E-state index < -0.39 is 0 Å². The molecule has 0 N–H and O–H groups in total. The van der Waals surface area contributed by atoms with Crippen LogP contribution in [0.4, 0.5) is 5.82 Å². The summed E-state index contributed by atoms with van der Waals surface area (Å²) in [6, 6.07) is 0. The van der Waals surface area contributed by atoms with E-state index in [-0.39, 0.29) is 5.97 Å². The standard InChI is InChI=1S/C15H23N3O2/c1-3-18(10-9-14(19)20-2)15-12-7-5-4-6-8-13(12)16-11-17-15/h11H,3-10H2,1-2H3. The molecule has 110 valence electrons. The van der Waals surface area contributed by atoms with Gasteiger partial charge in [0.2, 0.25) is 0 Å². The molecule has 1 aromatic rings. The van der Waals surface area contributed by atoms with Crippen LogP contribution >= 0.6 is 0 Å². The lowest BCUT2D eigenvalue weighted by atomic mass is 10.1. The van der Waals surface area contributed by atoms with Crippen molar-refractivity contribution in [2.45, 2.75) is 45.4 Å². The number of esters is 1. The second-order valence-electron chi connectivity index (χ2n) is 5.09. The number of aromatic nitrogens is 2. The first-order valence-corrected chi connectivity index (χ1v) is 7.40. The minimum Gasteiger partial charge on any atom is -0.469 e. The summed E-state index contributed by atoms with van der Waals surface area (Å²) in [4.78, 5) is 22.4. The highest BCUT2D eigenvalue weighted by Crippen LogP contribution is 2.26. The summed E-state index contributed by atoms with van der Waals surface area (Å²) in [6.07, 6.45) is 7.78. The number of fused-ring (bicyclic) bond motifs is 1. The van der Waals surface area contributed by atoms with Gasteiger partial charge in [-0.1, -0.05) is 6.42 Å². The number of ether oxygens (including phenoxy) is 1. The number of aryl methyl sites for hydroxylation is 1. The molecule has 0 saturated heterocycles. The Morgan fingerprint density at radius 2 is 2.10 bits per heavy atom. The number of carbonyl (C=O) groups is 1. The fraction of sp³-hybridized carbons (Fsp3) is 0.667. The van der Waals surface area contributed by atoms with Crippen molar-refractivity contribution in [2.75, 3.05) is 25.1 Å². The van der Waals surface area contributed by atoms with Crippen molar-refractivity contribution in [1.82, 2.24) is 9.97 Å². The quantitative estimate of drug-likeness (QED) is 0.609. The van der Waals surface area contributed by atoms with Crippen LogP contribution in [0.15, 0.2) is 6.33 Å². The van der Waals surface area contributed by atoms with Crippen LogP contribution in [0.3, 0.4) is 0 Å². The first-order chi connectivity index (χ1) is 9.76. The Morgan fingerprint density at radius 1 is 1.30 bits per heavy atom. The van der Waals surface area contributed by atoms with E-state index in [0.717, 1.165) is 25.2 Å². The molecule has 0 atom stereocenters. The second kappa shape index (κ2) is 7.22. The monoisotopic (exact) mass is 277 g/mol. The SMILES string of the molecule is CCN(CCC(=O)OC)c1ncnc2c1CCCCC2. The van der Waals surface area contributed by atoms with Crippen LogP contribution in [0.2, 0.25) is 0 Å². The fourth-order valence-electron chi connectivity index (χ4n) is 2.70. The van der Waals surface area contributed by atoms with Gasteiger partial charge in [0, 0.05) is 24.3 Å². The van der Waals surface area contributed by atoms with E-state index in [9.17, 15) is 4.79 Å². The van der Waals surface area contributed by atoms with Crippen molar-refractivity contribution in [3.8, 4) is 0 Å². The summed E-state index contributed by atoms with van der Waals surface area (Å²) in [5.41, 5.74) is 2.46. The maximum Gasteiger partial charge on any atom is 0.307 e. The van der Waals surface area contributed by atoms with E-state index in [2.05, 4.69) is 21.8 Å². The van der Waals surface area contributed by atoms with Crippen LogP contribution in [0.5, 0.6) is 0 Å². The highest BCUT2D eigenvalue weighted by Gasteiger charge is 2.18. The highest BCUT2D eigenvalue weighted by molar-refractivity contribution is 5.70. The molecule has 0 aromatic carbocycles. The Bertz CT molecular complexity index is 462. The molecule has 2 rings (SSSR count). The van der Waals surface area contributed by atoms with Crippen LogP contribution < -0.4 is 4.90 Å². The molecule has 0 spiro atoms. The smallest absolute Gasteiger partial charge is 0.307 e. The molecule has 1 aromatic heterocycles. The number of carbonyl (C=O) groups excluding carboxylic acids is 1. The van der Waals surface area contributed by atoms with Crippen LogP contribution in [0.1, 0.15) is 43.9 Å². The van der Waals surface area contributed by atoms with Crippen molar-refractivity contribution in [3.63, 3.8) is 0 Å². The van der Waals surface area contributed by atoms with Crippen molar-refractivity contribution < 1.29 is 9.53 Å². The van der Waals surface area contributed by atoms with Crippen molar-refractivity contribution in [2.24, 2.45) is 0 Å². The van der Waals surface area contributed by atoms with Gasteiger partial charge in [-0.25, -0.2) is 9.97 Å². The topological polar surface area (TPSA) is 55.3 Å². The van der Waals surface area contributed by atoms with Crippen LogP contribution in [-0.2, 0) is 22.4 Å². The number of hydrogen-bond acceptors (Lipinski definition) is 5. The summed E-state index contributed by atoms with van der Waals surface area (Å²) in [7, 11) is 1.43. The molecule has 0 radical (unpaired) electrons. The van der Waals surface area contributed by atoms with Gasteiger partial charge in [-0.2, -0.15) is 0 Å². The molecule has 1 heterocycles. The van der Waals surface area contributed by atoms with Crippen LogP contribution in [0, 0.1) is 0 Å². The Balaban J connectivity index is 2.18. The Labute approximate surface area is 120 Å². The number of rotatable bonds is 5.